The fourth-order valence-corrected chi connectivity index (χ4v) is 0.979. The third-order valence-electron chi connectivity index (χ3n) is 1.52. The van der Waals surface area contributed by atoms with E-state index in [1.165, 1.54) is 0 Å². The molecule has 5 N–H and O–H groups in total. The molecule has 0 saturated heterocycles. The second-order valence-corrected chi connectivity index (χ2v) is 3.27. The Morgan fingerprint density at radius 1 is 1.38 bits per heavy atom. The lowest BCUT2D eigenvalue weighted by Gasteiger charge is -2.07. The monoisotopic (exact) mass is 242 g/mol. The maximum atomic E-state index is 11.1. The van der Waals surface area contributed by atoms with Gasteiger partial charge in [0.1, 0.15) is 5.75 Å². The van der Waals surface area contributed by atoms with Crippen LogP contribution in [0.25, 0.3) is 0 Å². The molecule has 0 spiro atoms. The van der Waals surface area contributed by atoms with Crippen LogP contribution in [0.4, 0.5) is 0 Å². The summed E-state index contributed by atoms with van der Waals surface area (Å²) in [5, 5.41) is 7.40. The van der Waals surface area contributed by atoms with Crippen molar-refractivity contribution < 1.29 is 9.53 Å². The summed E-state index contributed by atoms with van der Waals surface area (Å²) in [5.74, 6) is -0.257. The highest BCUT2D eigenvalue weighted by atomic mass is 35.5. The molecule has 16 heavy (non-hydrogen) atoms. The van der Waals surface area contributed by atoms with Gasteiger partial charge in [-0.05, 0) is 24.3 Å². The Morgan fingerprint density at radius 2 is 2.00 bits per heavy atom. The molecule has 0 radical (unpaired) electrons. The third-order valence-corrected chi connectivity index (χ3v) is 1.77. The van der Waals surface area contributed by atoms with Gasteiger partial charge in [0.25, 0.3) is 5.91 Å². The number of hydrogen-bond acceptors (Lipinski definition) is 3. The van der Waals surface area contributed by atoms with Gasteiger partial charge in [-0.15, -0.1) is 0 Å². The Morgan fingerprint density at radius 3 is 2.56 bits per heavy atom. The smallest absolute Gasteiger partial charge is 0.276 e. The van der Waals surface area contributed by atoms with E-state index in [1.54, 1.807) is 24.3 Å². The van der Waals surface area contributed by atoms with Crippen LogP contribution in [0.15, 0.2) is 24.3 Å². The summed E-state index contributed by atoms with van der Waals surface area (Å²) in [5.41, 5.74) is 9.29. The van der Waals surface area contributed by atoms with E-state index in [0.29, 0.717) is 10.8 Å². The lowest BCUT2D eigenvalue weighted by Crippen LogP contribution is -2.46. The summed E-state index contributed by atoms with van der Waals surface area (Å²) >= 11 is 5.68. The van der Waals surface area contributed by atoms with Gasteiger partial charge in [-0.2, -0.15) is 0 Å². The predicted octanol–water partition coefficient (Wildman–Crippen LogP) is 0.233. The van der Waals surface area contributed by atoms with Crippen LogP contribution in [0, 0.1) is 5.41 Å². The Balaban J connectivity index is 2.31. The van der Waals surface area contributed by atoms with Crippen molar-refractivity contribution in [3.63, 3.8) is 0 Å². The lowest BCUT2D eigenvalue weighted by atomic mass is 10.3. The summed E-state index contributed by atoms with van der Waals surface area (Å²) in [4.78, 5) is 11.1. The number of carbonyl (C=O) groups excluding carboxylic acids is 1. The highest BCUT2D eigenvalue weighted by Gasteiger charge is 2.01. The first-order chi connectivity index (χ1) is 7.58. The fraction of sp³-hybridized carbons (Fsp3) is 0.111. The quantitative estimate of drug-likeness (QED) is 0.346. The number of guanidine groups is 1. The van der Waals surface area contributed by atoms with Crippen LogP contribution in [-0.2, 0) is 4.79 Å². The van der Waals surface area contributed by atoms with Gasteiger partial charge in [-0.3, -0.25) is 21.1 Å². The average Bonchev–Trinajstić information content (AvgIpc) is 2.25. The van der Waals surface area contributed by atoms with Crippen molar-refractivity contribution in [2.75, 3.05) is 6.61 Å². The standard InChI is InChI=1S/C9H11ClN4O2/c10-6-1-3-7(4-2-6)16-5-8(15)13-14-9(11)12/h1-4H,5H2,(H,13,15)(H4,11,12,14). The Kier molecular flexibility index (Phi) is 4.41. The van der Waals surface area contributed by atoms with Crippen LogP contribution in [0.5, 0.6) is 5.75 Å². The summed E-state index contributed by atoms with van der Waals surface area (Å²) in [7, 11) is 0. The highest BCUT2D eigenvalue weighted by Crippen LogP contribution is 2.15. The van der Waals surface area contributed by atoms with E-state index in [2.05, 4.69) is 10.9 Å². The van der Waals surface area contributed by atoms with Gasteiger partial charge in [0.2, 0.25) is 5.96 Å². The number of hydrazine groups is 1. The molecule has 7 heteroatoms. The van der Waals surface area contributed by atoms with Crippen LogP contribution < -0.4 is 21.3 Å². The van der Waals surface area contributed by atoms with E-state index in [1.807, 2.05) is 0 Å². The zero-order valence-electron chi connectivity index (χ0n) is 8.29. The zero-order valence-corrected chi connectivity index (χ0v) is 9.04. The summed E-state index contributed by atoms with van der Waals surface area (Å²) in [6.45, 7) is -0.179. The Hall–Kier alpha value is -1.95. The van der Waals surface area contributed by atoms with Crippen molar-refractivity contribution in [3.05, 3.63) is 29.3 Å². The number of rotatable bonds is 3. The van der Waals surface area contributed by atoms with Crippen LogP contribution in [0.3, 0.4) is 0 Å². The minimum absolute atomic E-state index is 0.179. The SMILES string of the molecule is N=C(N)NNC(=O)COc1ccc(Cl)cc1. The molecule has 0 atom stereocenters. The average molecular weight is 243 g/mol. The molecule has 86 valence electrons. The van der Waals surface area contributed by atoms with E-state index in [-0.39, 0.29) is 12.6 Å². The van der Waals surface area contributed by atoms with Gasteiger partial charge in [-0.1, -0.05) is 11.6 Å². The van der Waals surface area contributed by atoms with Crippen molar-refractivity contribution >= 4 is 23.5 Å². The molecular weight excluding hydrogens is 232 g/mol. The molecule has 0 aliphatic carbocycles. The van der Waals surface area contributed by atoms with Gasteiger partial charge >= 0.3 is 0 Å². The number of carbonyl (C=O) groups is 1. The van der Waals surface area contributed by atoms with Crippen molar-refractivity contribution in [1.82, 2.24) is 10.9 Å². The molecule has 1 rings (SSSR count). The second-order valence-electron chi connectivity index (χ2n) is 2.83. The first-order valence-electron chi connectivity index (χ1n) is 4.35. The summed E-state index contributed by atoms with van der Waals surface area (Å²) < 4.78 is 5.13. The van der Waals surface area contributed by atoms with Crippen LogP contribution in [0.2, 0.25) is 5.02 Å². The van der Waals surface area contributed by atoms with Gasteiger partial charge in [0.15, 0.2) is 6.61 Å². The topological polar surface area (TPSA) is 100 Å². The number of hydrogen-bond donors (Lipinski definition) is 4. The molecule has 0 heterocycles. The number of halogens is 1. The molecule has 0 bridgehead atoms. The molecule has 1 amide bonds. The molecule has 0 aromatic heterocycles. The Bertz CT molecular complexity index is 380. The first kappa shape index (κ1) is 12.1. The van der Waals surface area contributed by atoms with E-state index in [0.717, 1.165) is 0 Å². The first-order valence-corrected chi connectivity index (χ1v) is 4.73. The maximum Gasteiger partial charge on any atom is 0.276 e. The number of nitrogens with two attached hydrogens (primary N) is 1. The molecule has 0 aliphatic heterocycles. The summed E-state index contributed by atoms with van der Waals surface area (Å²) in [6.07, 6.45) is 0. The van der Waals surface area contributed by atoms with E-state index in [4.69, 9.17) is 27.5 Å². The molecule has 0 saturated carbocycles. The van der Waals surface area contributed by atoms with Crippen molar-refractivity contribution in [2.24, 2.45) is 5.73 Å². The number of benzene rings is 1. The van der Waals surface area contributed by atoms with Crippen molar-refractivity contribution in [1.29, 1.82) is 5.41 Å². The number of amides is 1. The van der Waals surface area contributed by atoms with Gasteiger partial charge in [-0.25, -0.2) is 0 Å². The maximum absolute atomic E-state index is 11.1. The molecule has 0 fully saturated rings. The van der Waals surface area contributed by atoms with Gasteiger partial charge in [0.05, 0.1) is 0 Å². The third kappa shape index (κ3) is 4.52. The minimum Gasteiger partial charge on any atom is -0.484 e. The van der Waals surface area contributed by atoms with E-state index in [9.17, 15) is 4.79 Å². The minimum atomic E-state index is -0.440. The molecule has 6 nitrogen and oxygen atoms in total. The molecular formula is C9H11ClN4O2. The largest absolute Gasteiger partial charge is 0.484 e. The molecule has 1 aromatic carbocycles. The number of ether oxygens (including phenoxy) is 1. The van der Waals surface area contributed by atoms with Crippen molar-refractivity contribution in [3.8, 4) is 5.75 Å². The van der Waals surface area contributed by atoms with Gasteiger partial charge in [0, 0.05) is 5.02 Å². The normalized spacial score (nSPS) is 9.31. The lowest BCUT2D eigenvalue weighted by molar-refractivity contribution is -0.123. The zero-order chi connectivity index (χ0) is 12.0. The highest BCUT2D eigenvalue weighted by molar-refractivity contribution is 6.30. The van der Waals surface area contributed by atoms with E-state index < -0.39 is 5.91 Å². The van der Waals surface area contributed by atoms with E-state index >= 15 is 0 Å². The Labute approximate surface area is 97.2 Å². The van der Waals surface area contributed by atoms with Crippen molar-refractivity contribution in [2.45, 2.75) is 0 Å². The fourth-order valence-electron chi connectivity index (χ4n) is 0.853. The molecule has 0 unspecified atom stereocenters. The molecule has 1 aromatic rings. The number of nitrogens with one attached hydrogen (secondary N) is 3. The second kappa shape index (κ2) is 5.82. The van der Waals surface area contributed by atoms with Gasteiger partial charge < -0.3 is 10.5 Å². The van der Waals surface area contributed by atoms with Crippen LogP contribution in [0.1, 0.15) is 0 Å². The summed E-state index contributed by atoms with van der Waals surface area (Å²) in [6, 6.07) is 6.60. The predicted molar refractivity (Wildman–Crippen MR) is 60.1 cm³/mol. The molecule has 0 aliphatic rings. The van der Waals surface area contributed by atoms with Crippen LogP contribution in [-0.4, -0.2) is 18.5 Å². The van der Waals surface area contributed by atoms with Crippen LogP contribution >= 0.6 is 11.6 Å².